The summed E-state index contributed by atoms with van der Waals surface area (Å²) in [6, 6.07) is 16.1. The van der Waals surface area contributed by atoms with E-state index in [-0.39, 0.29) is 48.1 Å². The Morgan fingerprint density at radius 2 is 1.67 bits per heavy atom. The highest BCUT2D eigenvalue weighted by Gasteiger charge is 2.61. The van der Waals surface area contributed by atoms with Crippen molar-refractivity contribution in [1.29, 1.82) is 0 Å². The number of carbonyl (C=O) groups is 3. The molecule has 0 spiro atoms. The molecule has 6 unspecified atom stereocenters. The highest BCUT2D eigenvalue weighted by atomic mass is 16.6. The van der Waals surface area contributed by atoms with E-state index >= 15 is 0 Å². The molecular weight excluding hydrogens is 714 g/mol. The summed E-state index contributed by atoms with van der Waals surface area (Å²) in [5.74, 6) is -4.43. The third-order valence-corrected chi connectivity index (χ3v) is 10.1. The van der Waals surface area contributed by atoms with Gasteiger partial charge in [-0.2, -0.15) is 0 Å². The van der Waals surface area contributed by atoms with Crippen LogP contribution in [0.25, 0.3) is 12.2 Å². The molecular formula is C41H47NO13. The number of ketones is 2. The average molecular weight is 762 g/mol. The second kappa shape index (κ2) is 18.0. The van der Waals surface area contributed by atoms with Crippen LogP contribution in [0.15, 0.2) is 72.8 Å². The molecule has 1 aliphatic carbocycles. The Hall–Kier alpha value is -5.09. The number of carboxylic acids is 1. The molecule has 2 aliphatic rings. The van der Waals surface area contributed by atoms with Gasteiger partial charge in [0.2, 0.25) is 0 Å². The molecule has 1 saturated heterocycles. The number of nitrogens with one attached hydrogen (secondary N) is 1. The average Bonchev–Trinajstić information content (AvgIpc) is 3.15. The van der Waals surface area contributed by atoms with Crippen molar-refractivity contribution in [2.75, 3.05) is 26.8 Å². The number of benzene rings is 3. The van der Waals surface area contributed by atoms with Crippen LogP contribution in [0.1, 0.15) is 47.9 Å². The van der Waals surface area contributed by atoms with E-state index < -0.39 is 84.6 Å². The van der Waals surface area contributed by atoms with Crippen LogP contribution in [0.3, 0.4) is 0 Å². The summed E-state index contributed by atoms with van der Waals surface area (Å²) in [7, 11) is 1.60. The molecule has 6 atom stereocenters. The number of hydrogen-bond acceptors (Lipinski definition) is 13. The van der Waals surface area contributed by atoms with E-state index in [0.29, 0.717) is 18.4 Å². The van der Waals surface area contributed by atoms with Crippen molar-refractivity contribution in [2.45, 2.75) is 68.2 Å². The Morgan fingerprint density at radius 1 is 0.945 bits per heavy atom. The van der Waals surface area contributed by atoms with Crippen molar-refractivity contribution >= 4 is 29.7 Å². The highest BCUT2D eigenvalue weighted by Crippen LogP contribution is 2.45. The molecule has 0 amide bonds. The molecule has 3 aromatic rings. The van der Waals surface area contributed by atoms with E-state index in [9.17, 15) is 50.1 Å². The van der Waals surface area contributed by atoms with Crippen molar-refractivity contribution in [2.24, 2.45) is 5.92 Å². The minimum Gasteiger partial charge on any atom is -0.504 e. The van der Waals surface area contributed by atoms with Gasteiger partial charge < -0.3 is 55.3 Å². The first-order chi connectivity index (χ1) is 26.3. The highest BCUT2D eigenvalue weighted by molar-refractivity contribution is 5.97. The smallest absolute Gasteiger partial charge is 0.336 e. The van der Waals surface area contributed by atoms with Crippen LogP contribution in [0.4, 0.5) is 0 Å². The summed E-state index contributed by atoms with van der Waals surface area (Å²) < 4.78 is 18.9. The maximum Gasteiger partial charge on any atom is 0.336 e. The number of likely N-dealkylation sites (N-methyl/N-ethyl adjacent to an activating group) is 1. The fourth-order valence-electron chi connectivity index (χ4n) is 7.29. The quantitative estimate of drug-likeness (QED) is 0.0821. The van der Waals surface area contributed by atoms with Crippen LogP contribution in [-0.2, 0) is 41.6 Å². The predicted octanol–water partition coefficient (Wildman–Crippen LogP) is 3.24. The zero-order valence-corrected chi connectivity index (χ0v) is 30.3. The monoisotopic (exact) mass is 761 g/mol. The first-order valence-corrected chi connectivity index (χ1v) is 17.9. The Labute approximate surface area is 317 Å². The van der Waals surface area contributed by atoms with E-state index in [0.717, 1.165) is 11.6 Å². The first kappa shape index (κ1) is 41.1. The van der Waals surface area contributed by atoms with Crippen LogP contribution in [0, 0.1) is 5.92 Å². The fourth-order valence-corrected chi connectivity index (χ4v) is 7.29. The molecule has 14 heteroatoms. The molecule has 0 radical (unpaired) electrons. The van der Waals surface area contributed by atoms with Crippen LogP contribution >= 0.6 is 0 Å². The van der Waals surface area contributed by atoms with Crippen molar-refractivity contribution in [3.05, 3.63) is 95.1 Å². The van der Waals surface area contributed by atoms with Gasteiger partial charge in [0.15, 0.2) is 40.2 Å². The standard InChI is InChI=1S/C41H47NO13/c1-42-24-41-23-40(39(51)52,54-22-30(44)12-9-26-10-13-31(45)33(47)15-26)19-36(50)38(41)53-21-27(8-7-25-5-3-2-4-6-25)16-37(55-41)32(46)14-11-28-17-34(48)35(49)18-29(28)20-43/h2-6,9-15,17-18,27,36-38,42-43,45,47-50H,7-8,16,19-24H2,1H3,(H,51,52). The third kappa shape index (κ3) is 9.97. The molecule has 1 saturated carbocycles. The maximum absolute atomic E-state index is 14.1. The lowest BCUT2D eigenvalue weighted by Gasteiger charge is -2.53. The topological polar surface area (TPSA) is 233 Å². The lowest BCUT2D eigenvalue weighted by Crippen LogP contribution is -2.69. The van der Waals surface area contributed by atoms with Gasteiger partial charge in [-0.25, -0.2) is 4.79 Å². The molecule has 5 rings (SSSR count). The summed E-state index contributed by atoms with van der Waals surface area (Å²) in [4.78, 5) is 40.1. The zero-order valence-electron chi connectivity index (χ0n) is 30.3. The first-order valence-electron chi connectivity index (χ1n) is 17.9. The lowest BCUT2D eigenvalue weighted by atomic mass is 9.70. The van der Waals surface area contributed by atoms with Gasteiger partial charge in [0.05, 0.1) is 19.3 Å². The van der Waals surface area contributed by atoms with Gasteiger partial charge in [-0.3, -0.25) is 9.59 Å². The predicted molar refractivity (Wildman–Crippen MR) is 199 cm³/mol. The molecule has 0 bridgehead atoms. The third-order valence-electron chi connectivity index (χ3n) is 10.1. The summed E-state index contributed by atoms with van der Waals surface area (Å²) in [6.07, 6.45) is 1.92. The van der Waals surface area contributed by atoms with Gasteiger partial charge in [0.25, 0.3) is 0 Å². The lowest BCUT2D eigenvalue weighted by molar-refractivity contribution is -0.268. The van der Waals surface area contributed by atoms with Crippen molar-refractivity contribution in [3.63, 3.8) is 0 Å². The number of aliphatic hydroxyl groups is 2. The largest absolute Gasteiger partial charge is 0.504 e. The van der Waals surface area contributed by atoms with Crippen LogP contribution in [0.5, 0.6) is 23.0 Å². The van der Waals surface area contributed by atoms with E-state index in [4.69, 9.17) is 14.2 Å². The second-order valence-electron chi connectivity index (χ2n) is 14.1. The number of hydrogen-bond donors (Lipinski definition) is 8. The van der Waals surface area contributed by atoms with Crippen LogP contribution in [0.2, 0.25) is 0 Å². The maximum atomic E-state index is 14.1. The number of aryl methyl sites for hydroxylation is 1. The molecule has 8 N–H and O–H groups in total. The minimum atomic E-state index is -2.15. The number of ether oxygens (including phenoxy) is 3. The molecule has 3 aromatic carbocycles. The molecule has 294 valence electrons. The minimum absolute atomic E-state index is 0.0754. The van der Waals surface area contributed by atoms with E-state index in [2.05, 4.69) is 5.32 Å². The fraction of sp³-hybridized carbons (Fsp3) is 0.390. The van der Waals surface area contributed by atoms with Crippen LogP contribution in [-0.4, -0.2) is 110 Å². The van der Waals surface area contributed by atoms with Crippen molar-refractivity contribution < 1.29 is 64.3 Å². The summed E-state index contributed by atoms with van der Waals surface area (Å²) in [5, 5.41) is 74.4. The Balaban J connectivity index is 1.44. The van der Waals surface area contributed by atoms with E-state index in [1.807, 2.05) is 30.3 Å². The zero-order chi connectivity index (χ0) is 39.8. The molecule has 1 aliphatic heterocycles. The van der Waals surface area contributed by atoms with E-state index in [1.165, 1.54) is 48.6 Å². The normalized spacial score (nSPS) is 25.7. The molecule has 2 fully saturated rings. The van der Waals surface area contributed by atoms with Gasteiger partial charge >= 0.3 is 5.97 Å². The summed E-state index contributed by atoms with van der Waals surface area (Å²) in [5.41, 5.74) is -1.81. The summed E-state index contributed by atoms with van der Waals surface area (Å²) in [6.45, 7) is -1.14. The number of phenolic OH excluding ortho intramolecular Hbond substituents is 4. The van der Waals surface area contributed by atoms with E-state index in [1.54, 1.807) is 7.05 Å². The second-order valence-corrected chi connectivity index (χ2v) is 14.1. The number of aromatic hydroxyl groups is 4. The van der Waals surface area contributed by atoms with Crippen LogP contribution < -0.4 is 5.32 Å². The number of carboxylic acid groups (broad SMARTS) is 1. The van der Waals surface area contributed by atoms with Gasteiger partial charge in [0.1, 0.15) is 24.4 Å². The number of rotatable bonds is 15. The molecule has 0 aromatic heterocycles. The molecule has 1 heterocycles. The van der Waals surface area contributed by atoms with Gasteiger partial charge in [-0.15, -0.1) is 0 Å². The Morgan fingerprint density at radius 3 is 2.36 bits per heavy atom. The number of aliphatic hydroxyl groups excluding tert-OH is 2. The van der Waals surface area contributed by atoms with Gasteiger partial charge in [-0.1, -0.05) is 48.6 Å². The van der Waals surface area contributed by atoms with Gasteiger partial charge in [-0.05, 0) is 90.9 Å². The Bertz CT molecular complexity index is 1900. The summed E-state index contributed by atoms with van der Waals surface area (Å²) >= 11 is 0. The number of carbonyl (C=O) groups excluding carboxylic acids is 2. The molecule has 55 heavy (non-hydrogen) atoms. The van der Waals surface area contributed by atoms with Crippen molar-refractivity contribution in [3.8, 4) is 23.0 Å². The van der Waals surface area contributed by atoms with Gasteiger partial charge in [0, 0.05) is 19.4 Å². The number of fused-ring (bicyclic) bond motifs is 1. The number of phenols is 4. The molecule has 14 nitrogen and oxygen atoms in total. The number of aliphatic carboxylic acids is 1. The SMILES string of the molecule is CNCC12CC(OCC(=O)C=Cc3ccc(O)c(O)c3)(C(=O)O)CC(O)C1OCC(CCc1ccccc1)CC(C(=O)C=Cc1cc(O)c(O)cc1CO)O2. The Kier molecular flexibility index (Phi) is 13.5. The van der Waals surface area contributed by atoms with Crippen molar-refractivity contribution in [1.82, 2.24) is 5.32 Å².